The van der Waals surface area contributed by atoms with Gasteiger partial charge in [-0.1, -0.05) is 13.8 Å². The molecule has 1 N–H and O–H groups in total. The normalized spacial score (nSPS) is 22.5. The summed E-state index contributed by atoms with van der Waals surface area (Å²) in [5.74, 6) is 0. The third-order valence-electron chi connectivity index (χ3n) is 2.41. The summed E-state index contributed by atoms with van der Waals surface area (Å²) in [7, 11) is 0. The van der Waals surface area contributed by atoms with Crippen LogP contribution in [0.2, 0.25) is 0 Å². The van der Waals surface area contributed by atoms with Gasteiger partial charge >= 0.3 is 6.03 Å². The van der Waals surface area contributed by atoms with E-state index < -0.39 is 0 Å². The molecule has 0 aromatic carbocycles. The Kier molecular flexibility index (Phi) is 3.38. The van der Waals surface area contributed by atoms with Crippen LogP contribution in [-0.2, 0) is 0 Å². The third-order valence-corrected chi connectivity index (χ3v) is 2.41. The average molecular weight is 170 g/mol. The van der Waals surface area contributed by atoms with E-state index in [0.29, 0.717) is 6.04 Å². The van der Waals surface area contributed by atoms with Gasteiger partial charge in [0.25, 0.3) is 0 Å². The lowest BCUT2D eigenvalue weighted by Crippen LogP contribution is -2.41. The van der Waals surface area contributed by atoms with E-state index in [4.69, 9.17) is 0 Å². The zero-order chi connectivity index (χ0) is 8.97. The first-order valence-electron chi connectivity index (χ1n) is 4.92. The van der Waals surface area contributed by atoms with Gasteiger partial charge in [0.2, 0.25) is 0 Å². The monoisotopic (exact) mass is 170 g/mol. The predicted octanol–water partition coefficient (Wildman–Crippen LogP) is 1.59. The predicted molar refractivity (Wildman–Crippen MR) is 49.1 cm³/mol. The second-order valence-electron chi connectivity index (χ2n) is 3.01. The fourth-order valence-corrected chi connectivity index (χ4v) is 1.53. The molecule has 70 valence electrons. The topological polar surface area (TPSA) is 32.3 Å². The van der Waals surface area contributed by atoms with Crippen molar-refractivity contribution in [2.45, 2.75) is 39.2 Å². The first-order chi connectivity index (χ1) is 5.88. The summed E-state index contributed by atoms with van der Waals surface area (Å²) in [6, 6.07) is 0.715. The Labute approximate surface area is 74.1 Å². The van der Waals surface area contributed by atoms with Crippen LogP contribution in [0.4, 0.5) is 4.79 Å². The fourth-order valence-electron chi connectivity index (χ4n) is 1.53. The number of carbonyl (C=O) groups is 1. The Morgan fingerprint density at radius 2 is 2.08 bits per heavy atom. The number of amides is 2. The second-order valence-corrected chi connectivity index (χ2v) is 3.01. The molecule has 0 bridgehead atoms. The molecule has 0 spiro atoms. The molecule has 2 fully saturated rings. The molecule has 1 saturated heterocycles. The molecule has 1 saturated carbocycles. The van der Waals surface area contributed by atoms with Crippen LogP contribution in [0.1, 0.15) is 33.1 Å². The molecule has 1 heterocycles. The lowest BCUT2D eigenvalue weighted by molar-refractivity contribution is 0.162. The molecule has 3 heteroatoms. The Hall–Kier alpha value is -0.730. The van der Waals surface area contributed by atoms with Crippen LogP contribution in [0.15, 0.2) is 0 Å². The zero-order valence-electron chi connectivity index (χ0n) is 7.97. The minimum Gasteiger partial charge on any atom is -0.336 e. The number of urea groups is 1. The maximum atomic E-state index is 11.0. The van der Waals surface area contributed by atoms with Crippen LogP contribution in [0, 0.1) is 0 Å². The van der Waals surface area contributed by atoms with Crippen molar-refractivity contribution >= 4 is 6.03 Å². The number of hydrogen-bond donors (Lipinski definition) is 1. The lowest BCUT2D eigenvalue weighted by atomic mass is 9.92. The molecule has 0 aromatic rings. The van der Waals surface area contributed by atoms with Crippen LogP contribution in [0.3, 0.4) is 0 Å². The number of nitrogens with zero attached hydrogens (tertiary/aromatic N) is 1. The van der Waals surface area contributed by atoms with Gasteiger partial charge in [-0.3, -0.25) is 0 Å². The quantitative estimate of drug-likeness (QED) is 0.637. The molecule has 0 aromatic heterocycles. The van der Waals surface area contributed by atoms with Gasteiger partial charge in [0.15, 0.2) is 0 Å². The molecule has 0 unspecified atom stereocenters. The van der Waals surface area contributed by atoms with Crippen molar-refractivity contribution in [2.24, 2.45) is 0 Å². The van der Waals surface area contributed by atoms with Crippen molar-refractivity contribution in [2.75, 3.05) is 13.1 Å². The summed E-state index contributed by atoms with van der Waals surface area (Å²) >= 11 is 0. The van der Waals surface area contributed by atoms with Crippen molar-refractivity contribution in [3.05, 3.63) is 0 Å². The molecule has 0 atom stereocenters. The Morgan fingerprint density at radius 1 is 1.42 bits per heavy atom. The number of rotatable bonds is 1. The minimum atomic E-state index is 0.143. The van der Waals surface area contributed by atoms with Gasteiger partial charge in [0.1, 0.15) is 0 Å². The summed E-state index contributed by atoms with van der Waals surface area (Å²) in [5.41, 5.74) is 0. The van der Waals surface area contributed by atoms with Crippen molar-refractivity contribution in [3.8, 4) is 0 Å². The van der Waals surface area contributed by atoms with Crippen LogP contribution in [0.5, 0.6) is 0 Å². The molecule has 3 nitrogen and oxygen atoms in total. The molecule has 0 radical (unpaired) electrons. The highest BCUT2D eigenvalue weighted by Crippen LogP contribution is 2.25. The number of nitrogens with one attached hydrogen (secondary N) is 1. The Morgan fingerprint density at radius 3 is 2.42 bits per heavy atom. The maximum absolute atomic E-state index is 11.0. The highest BCUT2D eigenvalue weighted by molar-refractivity contribution is 5.76. The van der Waals surface area contributed by atoms with Crippen LogP contribution < -0.4 is 5.32 Å². The summed E-state index contributed by atoms with van der Waals surface area (Å²) in [5, 5.41) is 2.81. The number of hydrogen-bond acceptors (Lipinski definition) is 1. The summed E-state index contributed by atoms with van der Waals surface area (Å²) < 4.78 is 0. The van der Waals surface area contributed by atoms with Crippen LogP contribution in [-0.4, -0.2) is 30.1 Å². The molecular formula is C9H18N2O. The van der Waals surface area contributed by atoms with E-state index in [2.05, 4.69) is 5.32 Å². The van der Waals surface area contributed by atoms with Crippen LogP contribution >= 0.6 is 0 Å². The van der Waals surface area contributed by atoms with Gasteiger partial charge in [-0.15, -0.1) is 0 Å². The first kappa shape index (κ1) is 9.36. The van der Waals surface area contributed by atoms with E-state index in [1.165, 1.54) is 19.3 Å². The van der Waals surface area contributed by atoms with Crippen molar-refractivity contribution in [1.29, 1.82) is 0 Å². The summed E-state index contributed by atoms with van der Waals surface area (Å²) in [4.78, 5) is 13.0. The zero-order valence-corrected chi connectivity index (χ0v) is 7.97. The van der Waals surface area contributed by atoms with Crippen molar-refractivity contribution in [1.82, 2.24) is 10.2 Å². The number of carbonyl (C=O) groups excluding carboxylic acids is 1. The van der Waals surface area contributed by atoms with E-state index in [0.717, 1.165) is 13.1 Å². The smallest absolute Gasteiger partial charge is 0.317 e. The van der Waals surface area contributed by atoms with Gasteiger partial charge < -0.3 is 10.2 Å². The summed E-state index contributed by atoms with van der Waals surface area (Å²) in [6.45, 7) is 5.76. The maximum Gasteiger partial charge on any atom is 0.317 e. The van der Waals surface area contributed by atoms with Crippen molar-refractivity contribution in [3.63, 3.8) is 0 Å². The lowest BCUT2D eigenvalue weighted by Gasteiger charge is -2.33. The highest BCUT2D eigenvalue weighted by Gasteiger charge is 2.31. The second kappa shape index (κ2) is 4.33. The minimum absolute atomic E-state index is 0.143. The highest BCUT2D eigenvalue weighted by atomic mass is 16.2. The van der Waals surface area contributed by atoms with E-state index in [1.807, 2.05) is 18.7 Å². The largest absolute Gasteiger partial charge is 0.336 e. The Balaban J connectivity index is 0.000000336. The van der Waals surface area contributed by atoms with Gasteiger partial charge in [0.05, 0.1) is 0 Å². The van der Waals surface area contributed by atoms with E-state index in [1.54, 1.807) is 0 Å². The first-order valence-corrected chi connectivity index (χ1v) is 4.92. The molecule has 1 aliphatic heterocycles. The third kappa shape index (κ3) is 1.71. The van der Waals surface area contributed by atoms with Gasteiger partial charge in [0, 0.05) is 19.1 Å². The van der Waals surface area contributed by atoms with E-state index in [9.17, 15) is 4.79 Å². The van der Waals surface area contributed by atoms with Crippen molar-refractivity contribution < 1.29 is 4.79 Å². The van der Waals surface area contributed by atoms with Gasteiger partial charge in [-0.25, -0.2) is 4.79 Å². The molecular weight excluding hydrogens is 152 g/mol. The van der Waals surface area contributed by atoms with Gasteiger partial charge in [-0.2, -0.15) is 0 Å². The van der Waals surface area contributed by atoms with Crippen LogP contribution in [0.25, 0.3) is 0 Å². The molecule has 12 heavy (non-hydrogen) atoms. The average Bonchev–Trinajstić information content (AvgIpc) is 2.38. The molecule has 2 amide bonds. The van der Waals surface area contributed by atoms with Gasteiger partial charge in [-0.05, 0) is 19.3 Å². The fraction of sp³-hybridized carbons (Fsp3) is 0.889. The SMILES string of the molecule is CC.O=C1NCCN1C1CCC1. The molecule has 2 rings (SSSR count). The Bertz CT molecular complexity index is 155. The molecule has 2 aliphatic rings. The van der Waals surface area contributed by atoms with E-state index >= 15 is 0 Å². The standard InChI is InChI=1S/C7H12N2O.C2H6/c10-7-8-4-5-9(7)6-2-1-3-6;1-2/h6H,1-5H2,(H,8,10);1-2H3. The summed E-state index contributed by atoms with van der Waals surface area (Å²) in [6.07, 6.45) is 3.73. The van der Waals surface area contributed by atoms with E-state index in [-0.39, 0.29) is 6.03 Å². The molecule has 1 aliphatic carbocycles.